The van der Waals surface area contributed by atoms with Gasteiger partial charge in [-0.1, -0.05) is 36.4 Å². The quantitative estimate of drug-likeness (QED) is 0.370. The molecule has 0 radical (unpaired) electrons. The van der Waals surface area contributed by atoms with E-state index in [2.05, 4.69) is 0 Å². The van der Waals surface area contributed by atoms with Crippen molar-refractivity contribution in [2.45, 2.75) is 12.8 Å². The Hall–Kier alpha value is -3.21. The third-order valence-corrected chi connectivity index (χ3v) is 4.80. The van der Waals surface area contributed by atoms with Gasteiger partial charge in [0.05, 0.1) is 23.1 Å². The maximum atomic E-state index is 12.7. The fourth-order valence-electron chi connectivity index (χ4n) is 3.48. The molecule has 1 heterocycles. The summed E-state index contributed by atoms with van der Waals surface area (Å²) in [6.07, 6.45) is 5.09. The van der Waals surface area contributed by atoms with Crippen molar-refractivity contribution in [2.24, 2.45) is 11.8 Å². The third kappa shape index (κ3) is 2.81. The van der Waals surface area contributed by atoms with Gasteiger partial charge in [0.25, 0.3) is 0 Å². The van der Waals surface area contributed by atoms with Crippen LogP contribution in [0.1, 0.15) is 23.2 Å². The van der Waals surface area contributed by atoms with Crippen LogP contribution in [0.2, 0.25) is 0 Å². The molecule has 0 saturated carbocycles. The molecule has 2 amide bonds. The van der Waals surface area contributed by atoms with Crippen LogP contribution in [0.5, 0.6) is 5.75 Å². The molecule has 130 valence electrons. The molecule has 1 aliphatic carbocycles. The number of anilines is 1. The van der Waals surface area contributed by atoms with Gasteiger partial charge in [0.2, 0.25) is 11.8 Å². The van der Waals surface area contributed by atoms with Crippen molar-refractivity contribution >= 4 is 23.5 Å². The Morgan fingerprint density at radius 2 is 1.54 bits per heavy atom. The lowest BCUT2D eigenvalue weighted by Gasteiger charge is -2.15. The summed E-state index contributed by atoms with van der Waals surface area (Å²) in [5.41, 5.74) is 0.871. The molecular weight excluding hydrogens is 330 g/mol. The van der Waals surface area contributed by atoms with Crippen molar-refractivity contribution in [1.29, 1.82) is 0 Å². The number of allylic oxidation sites excluding steroid dienone is 2. The van der Waals surface area contributed by atoms with Crippen LogP contribution in [0.3, 0.4) is 0 Å². The van der Waals surface area contributed by atoms with E-state index in [0.29, 0.717) is 29.8 Å². The molecule has 1 aliphatic heterocycles. The molecule has 4 rings (SSSR count). The van der Waals surface area contributed by atoms with Gasteiger partial charge in [0.1, 0.15) is 5.75 Å². The van der Waals surface area contributed by atoms with Gasteiger partial charge in [-0.05, 0) is 37.1 Å². The lowest BCUT2D eigenvalue weighted by molar-refractivity contribution is -0.122. The average molecular weight is 347 g/mol. The Bertz CT molecular complexity index is 877. The van der Waals surface area contributed by atoms with Crippen molar-refractivity contribution in [1.82, 2.24) is 0 Å². The predicted molar refractivity (Wildman–Crippen MR) is 95.7 cm³/mol. The number of rotatable bonds is 3. The Balaban J connectivity index is 1.57. The van der Waals surface area contributed by atoms with Gasteiger partial charge in [-0.3, -0.25) is 9.59 Å². The van der Waals surface area contributed by atoms with E-state index in [9.17, 15) is 14.4 Å². The van der Waals surface area contributed by atoms with E-state index in [1.165, 1.54) is 4.90 Å². The van der Waals surface area contributed by atoms with Gasteiger partial charge in [-0.15, -0.1) is 0 Å². The van der Waals surface area contributed by atoms with Crippen molar-refractivity contribution in [3.8, 4) is 5.75 Å². The van der Waals surface area contributed by atoms with Gasteiger partial charge in [-0.25, -0.2) is 9.69 Å². The number of ether oxygens (including phenoxy) is 1. The van der Waals surface area contributed by atoms with Gasteiger partial charge in [-0.2, -0.15) is 0 Å². The molecule has 2 atom stereocenters. The van der Waals surface area contributed by atoms with Crippen LogP contribution in [0.4, 0.5) is 5.69 Å². The second kappa shape index (κ2) is 6.59. The smallest absolute Gasteiger partial charge is 0.343 e. The summed E-state index contributed by atoms with van der Waals surface area (Å²) in [6, 6.07) is 15.2. The highest BCUT2D eigenvalue weighted by molar-refractivity contribution is 6.22. The molecule has 1 fully saturated rings. The van der Waals surface area contributed by atoms with E-state index < -0.39 is 5.97 Å². The van der Waals surface area contributed by atoms with Crippen LogP contribution < -0.4 is 9.64 Å². The predicted octanol–water partition coefficient (Wildman–Crippen LogP) is 3.36. The van der Waals surface area contributed by atoms with Gasteiger partial charge >= 0.3 is 5.97 Å². The molecule has 2 aromatic rings. The summed E-state index contributed by atoms with van der Waals surface area (Å²) in [5, 5.41) is 0. The standard InChI is InChI=1S/C21H17NO4/c23-19-17-11-4-5-12-18(17)20(24)22(19)15-9-6-10-16(13-15)26-21(25)14-7-2-1-3-8-14/h1-10,13,17-18H,11-12H2/t17-,18-/m0/s1. The zero-order chi connectivity index (χ0) is 18.1. The first kappa shape index (κ1) is 16.3. The molecule has 0 unspecified atom stereocenters. The van der Waals surface area contributed by atoms with Crippen LogP contribution in [-0.2, 0) is 9.59 Å². The Morgan fingerprint density at radius 1 is 0.885 bits per heavy atom. The van der Waals surface area contributed by atoms with Gasteiger partial charge < -0.3 is 4.74 Å². The fourth-order valence-corrected chi connectivity index (χ4v) is 3.48. The highest BCUT2D eigenvalue weighted by atomic mass is 16.5. The van der Waals surface area contributed by atoms with Crippen molar-refractivity contribution in [3.63, 3.8) is 0 Å². The minimum Gasteiger partial charge on any atom is -0.423 e. The number of amides is 2. The number of nitrogens with zero attached hydrogens (tertiary/aromatic N) is 1. The first-order chi connectivity index (χ1) is 12.6. The molecule has 0 N–H and O–H groups in total. The van der Waals surface area contributed by atoms with E-state index in [0.717, 1.165) is 0 Å². The number of carbonyl (C=O) groups is 3. The zero-order valence-electron chi connectivity index (χ0n) is 14.0. The number of imide groups is 1. The summed E-state index contributed by atoms with van der Waals surface area (Å²) >= 11 is 0. The summed E-state index contributed by atoms with van der Waals surface area (Å²) in [6.45, 7) is 0. The molecule has 1 saturated heterocycles. The van der Waals surface area contributed by atoms with E-state index in [1.54, 1.807) is 48.5 Å². The topological polar surface area (TPSA) is 63.7 Å². The van der Waals surface area contributed by atoms with E-state index in [4.69, 9.17) is 4.74 Å². The second-order valence-corrected chi connectivity index (χ2v) is 6.42. The number of hydrogen-bond acceptors (Lipinski definition) is 4. The molecule has 2 aromatic carbocycles. The summed E-state index contributed by atoms with van der Waals surface area (Å²) in [4.78, 5) is 38.8. The van der Waals surface area contributed by atoms with E-state index >= 15 is 0 Å². The van der Waals surface area contributed by atoms with Crippen molar-refractivity contribution in [3.05, 3.63) is 72.3 Å². The lowest BCUT2D eigenvalue weighted by atomic mass is 9.85. The minimum absolute atomic E-state index is 0.184. The largest absolute Gasteiger partial charge is 0.423 e. The average Bonchev–Trinajstić information content (AvgIpc) is 2.94. The Kier molecular flexibility index (Phi) is 4.13. The monoisotopic (exact) mass is 347 g/mol. The molecule has 5 nitrogen and oxygen atoms in total. The molecule has 0 aromatic heterocycles. The summed E-state index contributed by atoms with van der Waals surface area (Å²) in [5.74, 6) is -1.14. The maximum Gasteiger partial charge on any atom is 0.343 e. The molecule has 2 aliphatic rings. The van der Waals surface area contributed by atoms with E-state index in [-0.39, 0.29) is 23.7 Å². The highest BCUT2D eigenvalue weighted by Gasteiger charge is 2.47. The first-order valence-electron chi connectivity index (χ1n) is 8.55. The normalized spacial score (nSPS) is 21.6. The van der Waals surface area contributed by atoms with Crippen LogP contribution in [0.15, 0.2) is 66.7 Å². The molecular formula is C21H17NO4. The van der Waals surface area contributed by atoms with Crippen molar-refractivity contribution in [2.75, 3.05) is 4.90 Å². The lowest BCUT2D eigenvalue weighted by Crippen LogP contribution is -2.30. The zero-order valence-corrected chi connectivity index (χ0v) is 14.0. The molecule has 0 spiro atoms. The number of esters is 1. The Morgan fingerprint density at radius 3 is 2.19 bits per heavy atom. The summed E-state index contributed by atoms with van der Waals surface area (Å²) in [7, 11) is 0. The SMILES string of the molecule is O=C(Oc1cccc(N2C(=O)[C@H]3CC=CC[C@@H]3C2=O)c1)c1ccccc1. The van der Waals surface area contributed by atoms with E-state index in [1.807, 2.05) is 18.2 Å². The Labute approximate surface area is 150 Å². The summed E-state index contributed by atoms with van der Waals surface area (Å²) < 4.78 is 5.39. The van der Waals surface area contributed by atoms with Gasteiger partial charge in [0.15, 0.2) is 0 Å². The van der Waals surface area contributed by atoms with Gasteiger partial charge in [0, 0.05) is 6.07 Å². The van der Waals surface area contributed by atoms with Crippen LogP contribution in [0.25, 0.3) is 0 Å². The molecule has 5 heteroatoms. The van der Waals surface area contributed by atoms with Crippen LogP contribution in [0, 0.1) is 11.8 Å². The second-order valence-electron chi connectivity index (χ2n) is 6.42. The number of carbonyl (C=O) groups excluding carboxylic acids is 3. The molecule has 0 bridgehead atoms. The number of hydrogen-bond donors (Lipinski definition) is 0. The van der Waals surface area contributed by atoms with Crippen LogP contribution in [-0.4, -0.2) is 17.8 Å². The number of benzene rings is 2. The maximum absolute atomic E-state index is 12.7. The highest BCUT2D eigenvalue weighted by Crippen LogP contribution is 2.38. The van der Waals surface area contributed by atoms with Crippen molar-refractivity contribution < 1.29 is 19.1 Å². The van der Waals surface area contributed by atoms with Crippen LogP contribution >= 0.6 is 0 Å². The minimum atomic E-state index is -0.486. The fraction of sp³-hybridized carbons (Fsp3) is 0.190. The molecule has 26 heavy (non-hydrogen) atoms. The first-order valence-corrected chi connectivity index (χ1v) is 8.55. The number of fused-ring (bicyclic) bond motifs is 1. The third-order valence-electron chi connectivity index (χ3n) is 4.80.